The Kier molecular flexibility index (Phi) is 6.50. The second-order valence-corrected chi connectivity index (χ2v) is 9.86. The number of carbonyl (C=O) groups is 1. The lowest BCUT2D eigenvalue weighted by Crippen LogP contribution is -2.15. The number of anilines is 2. The standard InChI is InChI=1S/C21H18ClIN2O3S/c1-13-3-7-17(8-4-13)29(27,28)25-20-9-5-15(12-18(20)22)21(26)24-19-10-6-16(23)11-14(19)2/h3-12,25H,1-2H3,(H,24,26). The van der Waals surface area contributed by atoms with Crippen molar-refractivity contribution in [3.8, 4) is 0 Å². The predicted molar refractivity (Wildman–Crippen MR) is 125 cm³/mol. The van der Waals surface area contributed by atoms with Gasteiger partial charge in [0.05, 0.1) is 15.6 Å². The van der Waals surface area contributed by atoms with Gasteiger partial charge in [-0.2, -0.15) is 0 Å². The van der Waals surface area contributed by atoms with Crippen LogP contribution in [0.2, 0.25) is 5.02 Å². The predicted octanol–water partition coefficient (Wildman–Crippen LogP) is 5.61. The van der Waals surface area contributed by atoms with Crippen LogP contribution in [0, 0.1) is 17.4 Å². The highest BCUT2D eigenvalue weighted by Crippen LogP contribution is 2.27. The molecule has 0 saturated carbocycles. The molecule has 3 aromatic rings. The van der Waals surface area contributed by atoms with Gasteiger partial charge in [-0.05, 0) is 90.5 Å². The maximum atomic E-state index is 12.5. The Morgan fingerprint density at radius 2 is 1.59 bits per heavy atom. The molecule has 150 valence electrons. The SMILES string of the molecule is Cc1ccc(S(=O)(=O)Nc2ccc(C(=O)Nc3ccc(I)cc3C)cc2Cl)cc1. The van der Waals surface area contributed by atoms with Crippen LogP contribution >= 0.6 is 34.2 Å². The molecule has 1 amide bonds. The minimum atomic E-state index is -3.78. The number of rotatable bonds is 5. The van der Waals surface area contributed by atoms with Crippen molar-refractivity contribution in [2.75, 3.05) is 10.0 Å². The lowest BCUT2D eigenvalue weighted by molar-refractivity contribution is 0.102. The van der Waals surface area contributed by atoms with Gasteiger partial charge in [0.1, 0.15) is 0 Å². The first-order valence-corrected chi connectivity index (χ1v) is 11.6. The van der Waals surface area contributed by atoms with Gasteiger partial charge in [0, 0.05) is 14.8 Å². The maximum absolute atomic E-state index is 12.5. The molecule has 0 fully saturated rings. The number of nitrogens with one attached hydrogen (secondary N) is 2. The van der Waals surface area contributed by atoms with Crippen molar-refractivity contribution in [3.05, 3.63) is 85.9 Å². The molecule has 5 nitrogen and oxygen atoms in total. The molecule has 0 unspecified atom stereocenters. The number of amides is 1. The lowest BCUT2D eigenvalue weighted by Gasteiger charge is -2.12. The van der Waals surface area contributed by atoms with Gasteiger partial charge in [-0.1, -0.05) is 29.3 Å². The summed E-state index contributed by atoms with van der Waals surface area (Å²) in [7, 11) is -3.78. The first-order chi connectivity index (χ1) is 13.7. The van der Waals surface area contributed by atoms with Crippen molar-refractivity contribution in [1.82, 2.24) is 0 Å². The smallest absolute Gasteiger partial charge is 0.261 e. The zero-order valence-corrected chi connectivity index (χ0v) is 19.4. The summed E-state index contributed by atoms with van der Waals surface area (Å²) in [5, 5.41) is 2.97. The fourth-order valence-electron chi connectivity index (χ4n) is 2.62. The van der Waals surface area contributed by atoms with Crippen LogP contribution in [0.3, 0.4) is 0 Å². The summed E-state index contributed by atoms with van der Waals surface area (Å²) in [6.45, 7) is 3.79. The van der Waals surface area contributed by atoms with E-state index in [0.29, 0.717) is 11.3 Å². The molecule has 0 spiro atoms. The van der Waals surface area contributed by atoms with Crippen LogP contribution in [0.1, 0.15) is 21.5 Å². The molecular weight excluding hydrogens is 523 g/mol. The molecule has 2 N–H and O–H groups in total. The molecule has 0 atom stereocenters. The molecule has 0 aliphatic rings. The van der Waals surface area contributed by atoms with Crippen LogP contribution in [-0.2, 0) is 10.0 Å². The molecule has 0 bridgehead atoms. The fraction of sp³-hybridized carbons (Fsp3) is 0.0952. The van der Waals surface area contributed by atoms with Crippen LogP contribution < -0.4 is 10.0 Å². The number of hydrogen-bond donors (Lipinski definition) is 2. The van der Waals surface area contributed by atoms with Gasteiger partial charge in [0.15, 0.2) is 0 Å². The van der Waals surface area contributed by atoms with E-state index >= 15 is 0 Å². The third-order valence-electron chi connectivity index (χ3n) is 4.24. The number of halogens is 2. The highest BCUT2D eigenvalue weighted by molar-refractivity contribution is 14.1. The minimum absolute atomic E-state index is 0.132. The molecule has 0 radical (unpaired) electrons. The minimum Gasteiger partial charge on any atom is -0.322 e. The van der Waals surface area contributed by atoms with Gasteiger partial charge in [0.2, 0.25) is 0 Å². The summed E-state index contributed by atoms with van der Waals surface area (Å²) >= 11 is 8.44. The normalized spacial score (nSPS) is 11.2. The van der Waals surface area contributed by atoms with Gasteiger partial charge in [-0.3, -0.25) is 9.52 Å². The van der Waals surface area contributed by atoms with Crippen molar-refractivity contribution in [2.24, 2.45) is 0 Å². The molecule has 0 aliphatic heterocycles. The van der Waals surface area contributed by atoms with Gasteiger partial charge in [-0.25, -0.2) is 8.42 Å². The second-order valence-electron chi connectivity index (χ2n) is 6.53. The Morgan fingerprint density at radius 3 is 2.21 bits per heavy atom. The van der Waals surface area contributed by atoms with Crippen molar-refractivity contribution in [2.45, 2.75) is 18.7 Å². The third kappa shape index (κ3) is 5.29. The van der Waals surface area contributed by atoms with E-state index in [1.165, 1.54) is 30.3 Å². The zero-order valence-electron chi connectivity index (χ0n) is 15.7. The number of aryl methyl sites for hydroxylation is 2. The van der Waals surface area contributed by atoms with Gasteiger partial charge in [-0.15, -0.1) is 0 Å². The average Bonchev–Trinajstić information content (AvgIpc) is 2.66. The van der Waals surface area contributed by atoms with E-state index in [1.807, 2.05) is 32.0 Å². The number of sulfonamides is 1. The molecule has 3 rings (SSSR count). The Bertz CT molecular complexity index is 1180. The fourth-order valence-corrected chi connectivity index (χ4v) is 4.63. The van der Waals surface area contributed by atoms with E-state index in [1.54, 1.807) is 12.1 Å². The summed E-state index contributed by atoms with van der Waals surface area (Å²) in [5.41, 5.74) is 3.13. The monoisotopic (exact) mass is 540 g/mol. The summed E-state index contributed by atoms with van der Waals surface area (Å²) in [6.07, 6.45) is 0. The summed E-state index contributed by atoms with van der Waals surface area (Å²) in [4.78, 5) is 12.7. The van der Waals surface area contributed by atoms with Gasteiger partial charge >= 0.3 is 0 Å². The second kappa shape index (κ2) is 8.73. The highest BCUT2D eigenvalue weighted by atomic mass is 127. The first-order valence-electron chi connectivity index (χ1n) is 8.62. The maximum Gasteiger partial charge on any atom is 0.261 e. The Morgan fingerprint density at radius 1 is 0.931 bits per heavy atom. The van der Waals surface area contributed by atoms with Crippen molar-refractivity contribution in [1.29, 1.82) is 0 Å². The van der Waals surface area contributed by atoms with Gasteiger partial charge in [0.25, 0.3) is 15.9 Å². The molecule has 0 aromatic heterocycles. The van der Waals surface area contributed by atoms with Crippen molar-refractivity contribution >= 4 is 61.5 Å². The number of hydrogen-bond acceptors (Lipinski definition) is 3. The molecule has 0 heterocycles. The molecule has 0 saturated heterocycles. The summed E-state index contributed by atoms with van der Waals surface area (Å²) in [5.74, 6) is -0.329. The van der Waals surface area contributed by atoms with Crippen molar-refractivity contribution in [3.63, 3.8) is 0 Å². The van der Waals surface area contributed by atoms with E-state index in [0.717, 1.165) is 14.7 Å². The molecule has 29 heavy (non-hydrogen) atoms. The van der Waals surface area contributed by atoms with E-state index in [9.17, 15) is 13.2 Å². The summed E-state index contributed by atoms with van der Waals surface area (Å²) < 4.78 is 28.6. The van der Waals surface area contributed by atoms with Crippen molar-refractivity contribution < 1.29 is 13.2 Å². The molecular formula is C21H18ClIN2O3S. The van der Waals surface area contributed by atoms with E-state index < -0.39 is 10.0 Å². The van der Waals surface area contributed by atoms with E-state index in [4.69, 9.17) is 11.6 Å². The zero-order chi connectivity index (χ0) is 21.2. The quantitative estimate of drug-likeness (QED) is 0.413. The lowest BCUT2D eigenvalue weighted by atomic mass is 10.1. The summed E-state index contributed by atoms with van der Waals surface area (Å²) in [6, 6.07) is 16.6. The average molecular weight is 541 g/mol. The third-order valence-corrected chi connectivity index (χ3v) is 6.61. The van der Waals surface area contributed by atoms with Gasteiger partial charge < -0.3 is 5.32 Å². The largest absolute Gasteiger partial charge is 0.322 e. The number of benzene rings is 3. The topological polar surface area (TPSA) is 75.3 Å². The van der Waals surface area contributed by atoms with Crippen LogP contribution in [-0.4, -0.2) is 14.3 Å². The number of carbonyl (C=O) groups excluding carboxylic acids is 1. The van der Waals surface area contributed by atoms with Crippen LogP contribution in [0.25, 0.3) is 0 Å². The Labute approximate surface area is 188 Å². The van der Waals surface area contributed by atoms with Crippen LogP contribution in [0.4, 0.5) is 11.4 Å². The van der Waals surface area contributed by atoms with Crippen LogP contribution in [0.15, 0.2) is 65.6 Å². The van der Waals surface area contributed by atoms with E-state index in [-0.39, 0.29) is 21.5 Å². The van der Waals surface area contributed by atoms with E-state index in [2.05, 4.69) is 32.6 Å². The van der Waals surface area contributed by atoms with Crippen LogP contribution in [0.5, 0.6) is 0 Å². The molecule has 3 aromatic carbocycles. The Hall–Kier alpha value is -2.10. The highest BCUT2D eigenvalue weighted by Gasteiger charge is 2.17. The Balaban J connectivity index is 1.79. The molecule has 8 heteroatoms. The first kappa shape index (κ1) is 21.6. The molecule has 0 aliphatic carbocycles.